The molecule has 4 unspecified atom stereocenters. The third-order valence-electron chi connectivity index (χ3n) is 7.65. The van der Waals surface area contributed by atoms with E-state index in [4.69, 9.17) is 0 Å². The Morgan fingerprint density at radius 1 is 0.929 bits per heavy atom. The van der Waals surface area contributed by atoms with E-state index < -0.39 is 0 Å². The van der Waals surface area contributed by atoms with Crippen LogP contribution in [-0.4, -0.2) is 35.6 Å². The second-order valence-electron chi connectivity index (χ2n) is 9.89. The van der Waals surface area contributed by atoms with Gasteiger partial charge in [0.2, 0.25) is 0 Å². The first-order valence-electron chi connectivity index (χ1n) is 11.2. The standard InChI is InChI=1S/C26H34N2/c1-19(2)18-28-25-14-22-13-24(23(25)17-27-22)26(28,15-20-9-5-3-6-10-20)16-21-11-7-4-8-12-21/h3-12,19,22-25,27H,13-18H2,1-2H3. The number of hydrogen-bond acceptors (Lipinski definition) is 2. The Kier molecular flexibility index (Phi) is 4.80. The zero-order chi connectivity index (χ0) is 19.1. The Balaban J connectivity index is 1.60. The average molecular weight is 375 g/mol. The Morgan fingerprint density at radius 2 is 1.54 bits per heavy atom. The van der Waals surface area contributed by atoms with Crippen LogP contribution in [0, 0.1) is 17.8 Å². The summed E-state index contributed by atoms with van der Waals surface area (Å²) in [6, 6.07) is 24.0. The highest BCUT2D eigenvalue weighted by Crippen LogP contribution is 2.55. The lowest BCUT2D eigenvalue weighted by Gasteiger charge is -2.46. The van der Waals surface area contributed by atoms with Gasteiger partial charge in [0.05, 0.1) is 0 Å². The minimum atomic E-state index is 0.249. The van der Waals surface area contributed by atoms with Crippen LogP contribution in [0.5, 0.6) is 0 Å². The van der Waals surface area contributed by atoms with Crippen LogP contribution in [0.3, 0.4) is 0 Å². The first kappa shape index (κ1) is 18.4. The molecule has 4 atom stereocenters. The van der Waals surface area contributed by atoms with Gasteiger partial charge in [0.15, 0.2) is 0 Å². The smallest absolute Gasteiger partial charge is 0.0325 e. The van der Waals surface area contributed by atoms with E-state index in [1.807, 2.05) is 0 Å². The van der Waals surface area contributed by atoms with Gasteiger partial charge < -0.3 is 5.32 Å². The van der Waals surface area contributed by atoms with E-state index in [2.05, 4.69) is 84.7 Å². The molecule has 0 radical (unpaired) electrons. The molecule has 2 nitrogen and oxygen atoms in total. The molecule has 4 fully saturated rings. The fraction of sp³-hybridized carbons (Fsp3) is 0.538. The Bertz CT molecular complexity index is 743. The topological polar surface area (TPSA) is 15.3 Å². The molecule has 28 heavy (non-hydrogen) atoms. The zero-order valence-electron chi connectivity index (χ0n) is 17.4. The summed E-state index contributed by atoms with van der Waals surface area (Å²) in [5, 5.41) is 3.83. The summed E-state index contributed by atoms with van der Waals surface area (Å²) in [5.41, 5.74) is 3.26. The fourth-order valence-electron chi connectivity index (χ4n) is 6.72. The lowest BCUT2D eigenvalue weighted by Crippen LogP contribution is -2.54. The Morgan fingerprint density at radius 3 is 2.07 bits per heavy atom. The quantitative estimate of drug-likeness (QED) is 0.798. The van der Waals surface area contributed by atoms with Crippen LogP contribution in [0.1, 0.15) is 37.8 Å². The van der Waals surface area contributed by atoms with E-state index in [0.29, 0.717) is 5.92 Å². The van der Waals surface area contributed by atoms with Gasteiger partial charge in [-0.25, -0.2) is 0 Å². The maximum absolute atomic E-state index is 3.83. The Labute approximate surface area is 170 Å². The molecule has 4 aliphatic rings. The molecule has 1 saturated carbocycles. The van der Waals surface area contributed by atoms with Gasteiger partial charge in [-0.15, -0.1) is 0 Å². The summed E-state index contributed by atoms with van der Waals surface area (Å²) in [6.45, 7) is 7.24. The average Bonchev–Trinajstić information content (AvgIpc) is 2.88. The maximum Gasteiger partial charge on any atom is 0.0325 e. The molecule has 3 heterocycles. The van der Waals surface area contributed by atoms with Crippen molar-refractivity contribution in [3.63, 3.8) is 0 Å². The number of piperidine rings is 2. The summed E-state index contributed by atoms with van der Waals surface area (Å²) in [5.74, 6) is 2.32. The van der Waals surface area contributed by atoms with Crippen molar-refractivity contribution < 1.29 is 0 Å². The molecule has 3 aliphatic heterocycles. The van der Waals surface area contributed by atoms with Crippen molar-refractivity contribution in [2.24, 2.45) is 17.8 Å². The van der Waals surface area contributed by atoms with Crippen LogP contribution in [-0.2, 0) is 12.8 Å². The van der Waals surface area contributed by atoms with Crippen molar-refractivity contribution in [3.8, 4) is 0 Å². The van der Waals surface area contributed by atoms with Crippen molar-refractivity contribution in [1.29, 1.82) is 0 Å². The van der Waals surface area contributed by atoms with Crippen molar-refractivity contribution in [2.45, 2.75) is 57.2 Å². The van der Waals surface area contributed by atoms with E-state index in [9.17, 15) is 0 Å². The molecule has 3 saturated heterocycles. The summed E-state index contributed by atoms with van der Waals surface area (Å²) in [7, 11) is 0. The largest absolute Gasteiger partial charge is 0.314 e. The number of nitrogens with zero attached hydrogens (tertiary/aromatic N) is 1. The highest BCUT2D eigenvalue weighted by atomic mass is 15.3. The number of rotatable bonds is 6. The molecule has 6 rings (SSSR count). The lowest BCUT2D eigenvalue weighted by atomic mass is 9.65. The normalized spacial score (nSPS) is 30.8. The van der Waals surface area contributed by atoms with Crippen LogP contribution >= 0.6 is 0 Å². The van der Waals surface area contributed by atoms with Crippen LogP contribution in [0.2, 0.25) is 0 Å². The molecule has 148 valence electrons. The maximum atomic E-state index is 3.83. The van der Waals surface area contributed by atoms with Crippen LogP contribution in [0.25, 0.3) is 0 Å². The third kappa shape index (κ3) is 3.11. The molecular formula is C26H34N2. The van der Waals surface area contributed by atoms with Crippen LogP contribution in [0.15, 0.2) is 60.7 Å². The number of fused-ring (bicyclic) bond motifs is 1. The van der Waals surface area contributed by atoms with E-state index in [-0.39, 0.29) is 5.54 Å². The molecule has 2 aromatic rings. The first-order valence-corrected chi connectivity index (χ1v) is 11.2. The van der Waals surface area contributed by atoms with Crippen molar-refractivity contribution in [3.05, 3.63) is 71.8 Å². The monoisotopic (exact) mass is 374 g/mol. The van der Waals surface area contributed by atoms with Gasteiger partial charge in [-0.3, -0.25) is 4.90 Å². The van der Waals surface area contributed by atoms with Gasteiger partial charge in [0.25, 0.3) is 0 Å². The molecule has 0 amide bonds. The highest BCUT2D eigenvalue weighted by Gasteiger charge is 2.62. The number of likely N-dealkylation sites (tertiary alicyclic amines) is 1. The summed E-state index contributed by atoms with van der Waals surface area (Å²) >= 11 is 0. The summed E-state index contributed by atoms with van der Waals surface area (Å²) in [6.07, 6.45) is 5.06. The molecule has 1 aliphatic carbocycles. The van der Waals surface area contributed by atoms with E-state index in [0.717, 1.165) is 23.9 Å². The number of hydrogen-bond donors (Lipinski definition) is 1. The highest BCUT2D eigenvalue weighted by molar-refractivity contribution is 5.28. The summed E-state index contributed by atoms with van der Waals surface area (Å²) < 4.78 is 0. The van der Waals surface area contributed by atoms with E-state index in [1.165, 1.54) is 49.9 Å². The van der Waals surface area contributed by atoms with Crippen LogP contribution < -0.4 is 5.32 Å². The molecule has 0 spiro atoms. The second kappa shape index (κ2) is 7.31. The van der Waals surface area contributed by atoms with Gasteiger partial charge >= 0.3 is 0 Å². The van der Waals surface area contributed by atoms with E-state index in [1.54, 1.807) is 0 Å². The molecule has 0 aromatic heterocycles. The van der Waals surface area contributed by atoms with Gasteiger partial charge in [0.1, 0.15) is 0 Å². The molecule has 2 aromatic carbocycles. The lowest BCUT2D eigenvalue weighted by molar-refractivity contribution is 0.0681. The first-order chi connectivity index (χ1) is 13.7. The molecule has 4 bridgehead atoms. The summed E-state index contributed by atoms with van der Waals surface area (Å²) in [4.78, 5) is 2.99. The predicted molar refractivity (Wildman–Crippen MR) is 116 cm³/mol. The zero-order valence-corrected chi connectivity index (χ0v) is 17.4. The minimum Gasteiger partial charge on any atom is -0.314 e. The predicted octanol–water partition coefficient (Wildman–Crippen LogP) is 4.55. The molecular weight excluding hydrogens is 340 g/mol. The Hall–Kier alpha value is -1.64. The van der Waals surface area contributed by atoms with Gasteiger partial charge in [-0.1, -0.05) is 74.5 Å². The van der Waals surface area contributed by atoms with Gasteiger partial charge in [-0.05, 0) is 54.6 Å². The number of benzene rings is 2. The van der Waals surface area contributed by atoms with Gasteiger partial charge in [-0.2, -0.15) is 0 Å². The van der Waals surface area contributed by atoms with Crippen LogP contribution in [0.4, 0.5) is 0 Å². The van der Waals surface area contributed by atoms with Crippen molar-refractivity contribution in [2.75, 3.05) is 13.1 Å². The molecule has 1 N–H and O–H groups in total. The van der Waals surface area contributed by atoms with Crippen molar-refractivity contribution in [1.82, 2.24) is 10.2 Å². The number of nitrogens with one attached hydrogen (secondary N) is 1. The second-order valence-corrected chi connectivity index (χ2v) is 9.89. The third-order valence-corrected chi connectivity index (χ3v) is 7.65. The van der Waals surface area contributed by atoms with Crippen molar-refractivity contribution >= 4 is 0 Å². The minimum absolute atomic E-state index is 0.249. The molecule has 2 heteroatoms. The van der Waals surface area contributed by atoms with Gasteiger partial charge in [0, 0.05) is 30.7 Å². The fourth-order valence-corrected chi connectivity index (χ4v) is 6.72. The van der Waals surface area contributed by atoms with E-state index >= 15 is 0 Å². The SMILES string of the molecule is CC(C)CN1C2CC3CC(C2CN3)C1(Cc1ccccc1)Cc1ccccc1.